The lowest BCUT2D eigenvalue weighted by Crippen LogP contribution is -2.11. The fourth-order valence-corrected chi connectivity index (χ4v) is 3.05. The van der Waals surface area contributed by atoms with Crippen molar-refractivity contribution in [1.29, 1.82) is 0 Å². The average Bonchev–Trinajstić information content (AvgIpc) is 2.45. The van der Waals surface area contributed by atoms with Crippen LogP contribution >= 0.6 is 11.6 Å². The molecule has 0 atom stereocenters. The molecule has 106 valence electrons. The maximum absolute atomic E-state index is 6.18. The van der Waals surface area contributed by atoms with E-state index < -0.39 is 0 Å². The van der Waals surface area contributed by atoms with Crippen LogP contribution in [0.3, 0.4) is 0 Å². The number of benzene rings is 3. The first-order valence-corrected chi connectivity index (χ1v) is 7.63. The Morgan fingerprint density at radius 3 is 2.14 bits per heavy atom. The Hall–Kier alpha value is -1.79. The Labute approximate surface area is 131 Å². The Bertz CT molecular complexity index is 789. The highest BCUT2D eigenvalue weighted by Gasteiger charge is 2.18. The summed E-state index contributed by atoms with van der Waals surface area (Å²) in [5.41, 5.74) is 3.90. The molecule has 0 nitrogen and oxygen atoms in total. The molecule has 0 radical (unpaired) electrons. The predicted octanol–water partition coefficient (Wildman–Crippen LogP) is 6.46. The summed E-state index contributed by atoms with van der Waals surface area (Å²) < 4.78 is 0. The molecule has 3 aromatic rings. The summed E-state index contributed by atoms with van der Waals surface area (Å²) in [5.74, 6) is 0. The summed E-state index contributed by atoms with van der Waals surface area (Å²) in [6.07, 6.45) is 0. The minimum absolute atomic E-state index is 0.105. The van der Waals surface area contributed by atoms with Gasteiger partial charge in [-0.15, -0.1) is 0 Å². The third-order valence-electron chi connectivity index (χ3n) is 3.85. The van der Waals surface area contributed by atoms with Crippen LogP contribution in [0.25, 0.3) is 21.9 Å². The van der Waals surface area contributed by atoms with Gasteiger partial charge in [0.25, 0.3) is 0 Å². The molecular formula is C20H19Cl. The molecular weight excluding hydrogens is 276 g/mol. The summed E-state index contributed by atoms with van der Waals surface area (Å²) in [6, 6.07) is 21.1. The Balaban J connectivity index is 2.38. The molecule has 0 fully saturated rings. The second kappa shape index (κ2) is 5.20. The lowest BCUT2D eigenvalue weighted by molar-refractivity contribution is 0.596. The van der Waals surface area contributed by atoms with Crippen molar-refractivity contribution in [2.24, 2.45) is 0 Å². The van der Waals surface area contributed by atoms with Crippen LogP contribution in [-0.2, 0) is 5.41 Å². The molecule has 21 heavy (non-hydrogen) atoms. The van der Waals surface area contributed by atoms with Crippen molar-refractivity contribution < 1.29 is 0 Å². The molecule has 0 aliphatic carbocycles. The maximum Gasteiger partial charge on any atom is 0.0412 e. The van der Waals surface area contributed by atoms with Crippen LogP contribution in [0.4, 0.5) is 0 Å². The van der Waals surface area contributed by atoms with Crippen LogP contribution in [0, 0.1) is 0 Å². The molecule has 0 amide bonds. The fraction of sp³-hybridized carbons (Fsp3) is 0.200. The van der Waals surface area contributed by atoms with Gasteiger partial charge in [-0.25, -0.2) is 0 Å². The van der Waals surface area contributed by atoms with E-state index in [-0.39, 0.29) is 5.41 Å². The van der Waals surface area contributed by atoms with Gasteiger partial charge in [-0.3, -0.25) is 0 Å². The zero-order valence-electron chi connectivity index (χ0n) is 12.7. The summed E-state index contributed by atoms with van der Waals surface area (Å²) >= 11 is 6.18. The van der Waals surface area contributed by atoms with Gasteiger partial charge in [0.05, 0.1) is 0 Å². The van der Waals surface area contributed by atoms with Crippen molar-refractivity contribution in [2.45, 2.75) is 26.2 Å². The van der Waals surface area contributed by atoms with Crippen LogP contribution in [0.5, 0.6) is 0 Å². The molecule has 0 saturated carbocycles. The molecule has 3 aromatic carbocycles. The van der Waals surface area contributed by atoms with E-state index in [1.165, 1.54) is 27.5 Å². The Morgan fingerprint density at radius 2 is 1.48 bits per heavy atom. The van der Waals surface area contributed by atoms with Crippen molar-refractivity contribution in [2.75, 3.05) is 0 Å². The van der Waals surface area contributed by atoms with Crippen LogP contribution < -0.4 is 0 Å². The number of hydrogen-bond donors (Lipinski definition) is 0. The first-order valence-electron chi connectivity index (χ1n) is 7.25. The molecule has 0 heterocycles. The first kappa shape index (κ1) is 14.2. The first-order chi connectivity index (χ1) is 9.97. The lowest BCUT2D eigenvalue weighted by Gasteiger charge is -2.23. The van der Waals surface area contributed by atoms with E-state index in [1.807, 2.05) is 18.2 Å². The topological polar surface area (TPSA) is 0 Å². The van der Waals surface area contributed by atoms with Crippen molar-refractivity contribution in [3.63, 3.8) is 0 Å². The molecule has 0 saturated heterocycles. The van der Waals surface area contributed by atoms with Gasteiger partial charge in [0, 0.05) is 5.02 Å². The van der Waals surface area contributed by atoms with Gasteiger partial charge in [-0.1, -0.05) is 80.9 Å². The Morgan fingerprint density at radius 1 is 0.810 bits per heavy atom. The second-order valence-corrected chi connectivity index (χ2v) is 6.91. The highest BCUT2D eigenvalue weighted by molar-refractivity contribution is 6.30. The van der Waals surface area contributed by atoms with E-state index in [1.54, 1.807) is 0 Å². The molecule has 3 rings (SSSR count). The summed E-state index contributed by atoms with van der Waals surface area (Å²) in [5, 5.41) is 3.38. The SMILES string of the molecule is CC(C)(C)c1cccc2cccc(-c3cccc(Cl)c3)c12. The van der Waals surface area contributed by atoms with Gasteiger partial charge in [-0.05, 0) is 45.0 Å². The van der Waals surface area contributed by atoms with E-state index in [0.29, 0.717) is 0 Å². The van der Waals surface area contributed by atoms with E-state index in [9.17, 15) is 0 Å². The number of hydrogen-bond acceptors (Lipinski definition) is 0. The van der Waals surface area contributed by atoms with Crippen molar-refractivity contribution in [3.05, 3.63) is 71.2 Å². The number of halogens is 1. The van der Waals surface area contributed by atoms with Gasteiger partial charge in [0.1, 0.15) is 0 Å². The zero-order valence-corrected chi connectivity index (χ0v) is 13.4. The highest BCUT2D eigenvalue weighted by atomic mass is 35.5. The van der Waals surface area contributed by atoms with Gasteiger partial charge >= 0.3 is 0 Å². The number of fused-ring (bicyclic) bond motifs is 1. The number of rotatable bonds is 1. The monoisotopic (exact) mass is 294 g/mol. The molecule has 0 aromatic heterocycles. The highest BCUT2D eigenvalue weighted by Crippen LogP contribution is 2.37. The van der Waals surface area contributed by atoms with Gasteiger partial charge in [0.15, 0.2) is 0 Å². The molecule has 0 aliphatic heterocycles. The van der Waals surface area contributed by atoms with Crippen molar-refractivity contribution in [1.82, 2.24) is 0 Å². The van der Waals surface area contributed by atoms with Crippen molar-refractivity contribution >= 4 is 22.4 Å². The van der Waals surface area contributed by atoms with Crippen LogP contribution in [-0.4, -0.2) is 0 Å². The lowest BCUT2D eigenvalue weighted by atomic mass is 9.81. The van der Waals surface area contributed by atoms with Crippen LogP contribution in [0.1, 0.15) is 26.3 Å². The summed E-state index contributed by atoms with van der Waals surface area (Å²) in [6.45, 7) is 6.78. The Kier molecular flexibility index (Phi) is 3.51. The molecule has 1 heteroatoms. The largest absolute Gasteiger partial charge is 0.0843 e. The summed E-state index contributed by atoms with van der Waals surface area (Å²) in [4.78, 5) is 0. The van der Waals surface area contributed by atoms with E-state index in [2.05, 4.69) is 63.2 Å². The normalized spacial score (nSPS) is 11.8. The fourth-order valence-electron chi connectivity index (χ4n) is 2.86. The molecule has 0 N–H and O–H groups in total. The zero-order chi connectivity index (χ0) is 15.0. The quantitative estimate of drug-likeness (QED) is 0.483. The minimum Gasteiger partial charge on any atom is -0.0843 e. The van der Waals surface area contributed by atoms with Gasteiger partial charge in [-0.2, -0.15) is 0 Å². The van der Waals surface area contributed by atoms with Crippen LogP contribution in [0.2, 0.25) is 5.02 Å². The smallest absolute Gasteiger partial charge is 0.0412 e. The van der Waals surface area contributed by atoms with Crippen molar-refractivity contribution in [3.8, 4) is 11.1 Å². The third kappa shape index (κ3) is 2.69. The van der Waals surface area contributed by atoms with Gasteiger partial charge < -0.3 is 0 Å². The van der Waals surface area contributed by atoms with E-state index in [0.717, 1.165) is 5.02 Å². The maximum atomic E-state index is 6.18. The van der Waals surface area contributed by atoms with Crippen LogP contribution in [0.15, 0.2) is 60.7 Å². The second-order valence-electron chi connectivity index (χ2n) is 6.47. The molecule has 0 spiro atoms. The predicted molar refractivity (Wildman–Crippen MR) is 93.1 cm³/mol. The summed E-state index contributed by atoms with van der Waals surface area (Å²) in [7, 11) is 0. The molecule has 0 aliphatic rings. The standard InChI is InChI=1S/C20H19Cl/c1-20(2,3)18-12-6-8-14-7-5-11-17(19(14)18)15-9-4-10-16(21)13-15/h4-13H,1-3H3. The molecule has 0 unspecified atom stereocenters. The van der Waals surface area contributed by atoms with E-state index in [4.69, 9.17) is 11.6 Å². The third-order valence-corrected chi connectivity index (χ3v) is 4.08. The molecule has 0 bridgehead atoms. The average molecular weight is 295 g/mol. The van der Waals surface area contributed by atoms with E-state index >= 15 is 0 Å². The minimum atomic E-state index is 0.105. The van der Waals surface area contributed by atoms with Gasteiger partial charge in [0.2, 0.25) is 0 Å².